The van der Waals surface area contributed by atoms with Gasteiger partial charge in [-0.3, -0.25) is 0 Å². The van der Waals surface area contributed by atoms with E-state index in [2.05, 4.69) is 20.8 Å². The molecule has 0 radical (unpaired) electrons. The number of rotatable bonds is 5. The molecule has 0 saturated carbocycles. The van der Waals surface area contributed by atoms with Crippen LogP contribution in [-0.2, 0) is 4.74 Å². The Balaban J connectivity index is 2.14. The second-order valence-corrected chi connectivity index (χ2v) is 5.03. The Bertz CT molecular complexity index is 301. The zero-order chi connectivity index (χ0) is 12.0. The van der Waals surface area contributed by atoms with E-state index in [9.17, 15) is 0 Å². The molecule has 3 nitrogen and oxygen atoms in total. The first-order valence-electron chi connectivity index (χ1n) is 5.53. The summed E-state index contributed by atoms with van der Waals surface area (Å²) in [6.07, 6.45) is 0. The summed E-state index contributed by atoms with van der Waals surface area (Å²) >= 11 is 0. The van der Waals surface area contributed by atoms with Crippen molar-refractivity contribution < 1.29 is 9.47 Å². The topological polar surface area (TPSA) is 44.5 Å². The first kappa shape index (κ1) is 12.8. The Kier molecular flexibility index (Phi) is 4.62. The van der Waals surface area contributed by atoms with Crippen LogP contribution in [0, 0.1) is 5.41 Å². The van der Waals surface area contributed by atoms with Crippen LogP contribution in [-0.4, -0.2) is 19.8 Å². The van der Waals surface area contributed by atoms with E-state index >= 15 is 0 Å². The zero-order valence-electron chi connectivity index (χ0n) is 10.3. The predicted molar refractivity (Wildman–Crippen MR) is 66.6 cm³/mol. The lowest BCUT2D eigenvalue weighted by Gasteiger charge is -2.18. The summed E-state index contributed by atoms with van der Waals surface area (Å²) in [4.78, 5) is 0. The molecule has 0 atom stereocenters. The van der Waals surface area contributed by atoms with Gasteiger partial charge in [0.25, 0.3) is 0 Å². The quantitative estimate of drug-likeness (QED) is 0.616. The van der Waals surface area contributed by atoms with Gasteiger partial charge in [0.2, 0.25) is 0 Å². The van der Waals surface area contributed by atoms with Crippen LogP contribution in [0.3, 0.4) is 0 Å². The van der Waals surface area contributed by atoms with Crippen LogP contribution in [0.2, 0.25) is 0 Å². The number of anilines is 1. The number of nitrogens with two attached hydrogens (primary N) is 1. The molecule has 0 saturated heterocycles. The van der Waals surface area contributed by atoms with Gasteiger partial charge in [-0.1, -0.05) is 20.8 Å². The molecular weight excluding hydrogens is 202 g/mol. The van der Waals surface area contributed by atoms with Crippen molar-refractivity contribution in [1.82, 2.24) is 0 Å². The number of benzene rings is 1. The molecule has 3 heteroatoms. The van der Waals surface area contributed by atoms with Gasteiger partial charge in [0.1, 0.15) is 12.4 Å². The number of nitrogen functional groups attached to an aromatic ring is 1. The zero-order valence-corrected chi connectivity index (χ0v) is 10.3. The van der Waals surface area contributed by atoms with Gasteiger partial charge in [0.15, 0.2) is 0 Å². The number of hydrogen-bond acceptors (Lipinski definition) is 3. The fourth-order valence-corrected chi connectivity index (χ4v) is 1.16. The summed E-state index contributed by atoms with van der Waals surface area (Å²) in [6, 6.07) is 7.37. The van der Waals surface area contributed by atoms with Gasteiger partial charge in [-0.15, -0.1) is 0 Å². The molecule has 0 spiro atoms. The molecule has 2 N–H and O–H groups in total. The van der Waals surface area contributed by atoms with E-state index in [-0.39, 0.29) is 5.41 Å². The minimum absolute atomic E-state index is 0.210. The first-order chi connectivity index (χ1) is 7.47. The maximum absolute atomic E-state index is 5.57. The highest BCUT2D eigenvalue weighted by Crippen LogP contribution is 2.14. The highest BCUT2D eigenvalue weighted by atomic mass is 16.5. The van der Waals surface area contributed by atoms with Crippen molar-refractivity contribution in [2.75, 3.05) is 25.6 Å². The molecule has 0 aliphatic rings. The van der Waals surface area contributed by atoms with Crippen LogP contribution in [0.5, 0.6) is 5.75 Å². The predicted octanol–water partition coefficient (Wildman–Crippen LogP) is 2.71. The van der Waals surface area contributed by atoms with E-state index in [1.54, 1.807) is 0 Å². The molecule has 0 unspecified atom stereocenters. The highest BCUT2D eigenvalue weighted by Gasteiger charge is 2.09. The molecule has 0 heterocycles. The molecule has 0 fully saturated rings. The van der Waals surface area contributed by atoms with Crippen molar-refractivity contribution in [3.05, 3.63) is 24.3 Å². The average molecular weight is 223 g/mol. The van der Waals surface area contributed by atoms with Gasteiger partial charge in [-0.05, 0) is 29.7 Å². The van der Waals surface area contributed by atoms with E-state index in [4.69, 9.17) is 15.2 Å². The largest absolute Gasteiger partial charge is 0.491 e. The summed E-state index contributed by atoms with van der Waals surface area (Å²) < 4.78 is 11.0. The second kappa shape index (κ2) is 5.75. The van der Waals surface area contributed by atoms with Gasteiger partial charge < -0.3 is 15.2 Å². The average Bonchev–Trinajstić information content (AvgIpc) is 2.19. The molecule has 1 rings (SSSR count). The van der Waals surface area contributed by atoms with Gasteiger partial charge in [0, 0.05) is 5.69 Å². The molecule has 0 aliphatic carbocycles. The lowest BCUT2D eigenvalue weighted by Crippen LogP contribution is -2.17. The molecule has 0 amide bonds. The maximum atomic E-state index is 5.57. The fraction of sp³-hybridized carbons (Fsp3) is 0.538. The molecule has 0 aliphatic heterocycles. The monoisotopic (exact) mass is 223 g/mol. The maximum Gasteiger partial charge on any atom is 0.119 e. The van der Waals surface area contributed by atoms with Gasteiger partial charge in [0.05, 0.1) is 13.2 Å². The van der Waals surface area contributed by atoms with Crippen LogP contribution in [0.15, 0.2) is 24.3 Å². The molecule has 1 aromatic carbocycles. The van der Waals surface area contributed by atoms with Crippen molar-refractivity contribution in [3.8, 4) is 5.75 Å². The van der Waals surface area contributed by atoms with Crippen LogP contribution in [0.4, 0.5) is 5.69 Å². The van der Waals surface area contributed by atoms with Gasteiger partial charge in [-0.2, -0.15) is 0 Å². The van der Waals surface area contributed by atoms with E-state index < -0.39 is 0 Å². The van der Waals surface area contributed by atoms with Crippen LogP contribution < -0.4 is 10.5 Å². The van der Waals surface area contributed by atoms with Crippen molar-refractivity contribution in [2.45, 2.75) is 20.8 Å². The van der Waals surface area contributed by atoms with Gasteiger partial charge >= 0.3 is 0 Å². The smallest absolute Gasteiger partial charge is 0.119 e. The van der Waals surface area contributed by atoms with Crippen molar-refractivity contribution in [1.29, 1.82) is 0 Å². The molecule has 1 aromatic rings. The van der Waals surface area contributed by atoms with Crippen LogP contribution >= 0.6 is 0 Å². The lowest BCUT2D eigenvalue weighted by molar-refractivity contribution is 0.0514. The van der Waals surface area contributed by atoms with Crippen LogP contribution in [0.1, 0.15) is 20.8 Å². The van der Waals surface area contributed by atoms with E-state index in [0.29, 0.717) is 13.2 Å². The summed E-state index contributed by atoms with van der Waals surface area (Å²) in [5, 5.41) is 0. The van der Waals surface area contributed by atoms with Gasteiger partial charge in [-0.25, -0.2) is 0 Å². The normalized spacial score (nSPS) is 11.4. The molecular formula is C13H21NO2. The summed E-state index contributed by atoms with van der Waals surface area (Å²) in [5.74, 6) is 0.827. The Morgan fingerprint density at radius 2 is 1.69 bits per heavy atom. The van der Waals surface area contributed by atoms with E-state index in [1.807, 2.05) is 24.3 Å². The molecule has 16 heavy (non-hydrogen) atoms. The Morgan fingerprint density at radius 1 is 1.06 bits per heavy atom. The summed E-state index contributed by atoms with van der Waals surface area (Å²) in [7, 11) is 0. The minimum atomic E-state index is 0.210. The highest BCUT2D eigenvalue weighted by molar-refractivity contribution is 5.41. The second-order valence-electron chi connectivity index (χ2n) is 5.03. The fourth-order valence-electron chi connectivity index (χ4n) is 1.16. The van der Waals surface area contributed by atoms with Crippen LogP contribution in [0.25, 0.3) is 0 Å². The Morgan fingerprint density at radius 3 is 2.25 bits per heavy atom. The Hall–Kier alpha value is -1.22. The van der Waals surface area contributed by atoms with E-state index in [1.165, 1.54) is 0 Å². The Labute approximate surface area is 97.6 Å². The summed E-state index contributed by atoms with van der Waals surface area (Å²) in [6.45, 7) is 8.37. The first-order valence-corrected chi connectivity index (χ1v) is 5.53. The third-order valence-corrected chi connectivity index (χ3v) is 1.91. The lowest BCUT2D eigenvalue weighted by atomic mass is 9.99. The molecule has 0 aromatic heterocycles. The third kappa shape index (κ3) is 5.61. The molecule has 0 bridgehead atoms. The van der Waals surface area contributed by atoms with Crippen molar-refractivity contribution in [2.24, 2.45) is 5.41 Å². The standard InChI is InChI=1S/C13H21NO2/c1-13(2,3)10-15-8-9-16-12-6-4-11(14)5-7-12/h4-7H,8-10,14H2,1-3H3. The number of hydrogen-bond donors (Lipinski definition) is 1. The molecule has 90 valence electrons. The van der Waals surface area contributed by atoms with Crippen molar-refractivity contribution in [3.63, 3.8) is 0 Å². The number of ether oxygens (including phenoxy) is 2. The van der Waals surface area contributed by atoms with Crippen molar-refractivity contribution >= 4 is 5.69 Å². The third-order valence-electron chi connectivity index (χ3n) is 1.91. The summed E-state index contributed by atoms with van der Waals surface area (Å²) in [5.41, 5.74) is 6.53. The van der Waals surface area contributed by atoms with E-state index in [0.717, 1.165) is 18.0 Å². The minimum Gasteiger partial charge on any atom is -0.491 e. The SMILES string of the molecule is CC(C)(C)COCCOc1ccc(N)cc1.